The molecule has 10 rings (SSSR count). The zero-order valence-corrected chi connectivity index (χ0v) is 29.8. The quantitative estimate of drug-likeness (QED) is 0.166. The number of nitrogens with zero attached hydrogens (tertiary/aromatic N) is 5. The van der Waals surface area contributed by atoms with Crippen LogP contribution in [0.25, 0.3) is 95.2 Å². The maximum atomic E-state index is 5.17. The second-order valence-electron chi connectivity index (χ2n) is 13.5. The molecule has 7 aromatic carbocycles. The Morgan fingerprint density at radius 1 is 0.327 bits per heavy atom. The number of para-hydroxylation sites is 1. The highest BCUT2D eigenvalue weighted by molar-refractivity contribution is 6.07. The summed E-state index contributed by atoms with van der Waals surface area (Å²) in [4.78, 5) is 20.3. The first-order valence-electron chi connectivity index (χ1n) is 18.4. The largest absolute Gasteiger partial charge is 0.307 e. The van der Waals surface area contributed by atoms with Crippen LogP contribution in [0, 0.1) is 0 Å². The fourth-order valence-electron chi connectivity index (χ4n) is 7.41. The maximum Gasteiger partial charge on any atom is 0.164 e. The Labute approximate surface area is 318 Å². The zero-order chi connectivity index (χ0) is 36.6. The molecule has 0 aliphatic rings. The number of hydrogen-bond donors (Lipinski definition) is 0. The zero-order valence-electron chi connectivity index (χ0n) is 29.8. The fourth-order valence-corrected chi connectivity index (χ4v) is 7.41. The smallest absolute Gasteiger partial charge is 0.164 e. The van der Waals surface area contributed by atoms with E-state index in [9.17, 15) is 0 Å². The third kappa shape index (κ3) is 6.04. The molecule has 0 saturated carbocycles. The number of fused-ring (bicyclic) bond motifs is 3. The van der Waals surface area contributed by atoms with Crippen LogP contribution in [0.2, 0.25) is 0 Å². The summed E-state index contributed by atoms with van der Waals surface area (Å²) in [7, 11) is 0. The number of rotatable bonds is 7. The second-order valence-corrected chi connectivity index (χ2v) is 13.5. The molecule has 0 amide bonds. The Morgan fingerprint density at radius 2 is 0.764 bits per heavy atom. The van der Waals surface area contributed by atoms with Gasteiger partial charge < -0.3 is 4.57 Å². The van der Waals surface area contributed by atoms with E-state index in [0.717, 1.165) is 77.7 Å². The lowest BCUT2D eigenvalue weighted by Crippen LogP contribution is -2.02. The van der Waals surface area contributed by atoms with Gasteiger partial charge in [-0.1, -0.05) is 170 Å². The summed E-state index contributed by atoms with van der Waals surface area (Å²) < 4.78 is 2.32. The minimum absolute atomic E-state index is 0.596. The Hall–Kier alpha value is -7.50. The molecule has 0 atom stereocenters. The van der Waals surface area contributed by atoms with Crippen molar-refractivity contribution in [1.29, 1.82) is 0 Å². The molecule has 3 heterocycles. The fraction of sp³-hybridized carbons (Fsp3) is 0. The van der Waals surface area contributed by atoms with Crippen molar-refractivity contribution in [3.05, 3.63) is 200 Å². The predicted octanol–water partition coefficient (Wildman–Crippen LogP) is 12.4. The highest BCUT2D eigenvalue weighted by Crippen LogP contribution is 2.38. The summed E-state index contributed by atoms with van der Waals surface area (Å²) in [6.45, 7) is 0. The molecule has 0 saturated heterocycles. The van der Waals surface area contributed by atoms with Crippen molar-refractivity contribution in [3.8, 4) is 73.2 Å². The molecule has 0 unspecified atom stereocenters. The normalized spacial score (nSPS) is 11.3. The van der Waals surface area contributed by atoms with E-state index in [4.69, 9.17) is 19.9 Å². The van der Waals surface area contributed by atoms with Gasteiger partial charge in [-0.2, -0.15) is 0 Å². The molecule has 5 heteroatoms. The van der Waals surface area contributed by atoms with Crippen molar-refractivity contribution in [2.45, 2.75) is 0 Å². The van der Waals surface area contributed by atoms with Gasteiger partial charge in [-0.05, 0) is 52.1 Å². The molecule has 0 N–H and O–H groups in total. The van der Waals surface area contributed by atoms with E-state index in [2.05, 4.69) is 180 Å². The molecule has 258 valence electrons. The monoisotopic (exact) mass is 703 g/mol. The van der Waals surface area contributed by atoms with Crippen LogP contribution in [0.3, 0.4) is 0 Å². The van der Waals surface area contributed by atoms with Crippen LogP contribution in [0.4, 0.5) is 0 Å². The van der Waals surface area contributed by atoms with E-state index >= 15 is 0 Å². The molecule has 0 spiro atoms. The van der Waals surface area contributed by atoms with Crippen LogP contribution in [0.1, 0.15) is 0 Å². The van der Waals surface area contributed by atoms with Crippen molar-refractivity contribution >= 4 is 21.9 Å². The summed E-state index contributed by atoms with van der Waals surface area (Å²) in [6.07, 6.45) is 1.86. The minimum atomic E-state index is 0.596. The third-order valence-electron chi connectivity index (χ3n) is 10.1. The Bertz CT molecular complexity index is 2780. The molecular formula is C50H33N5. The van der Waals surface area contributed by atoms with Crippen LogP contribution in [-0.2, 0) is 0 Å². The first kappa shape index (κ1) is 32.2. The van der Waals surface area contributed by atoms with E-state index < -0.39 is 0 Å². The average molecular weight is 704 g/mol. The van der Waals surface area contributed by atoms with Crippen molar-refractivity contribution in [1.82, 2.24) is 24.5 Å². The lowest BCUT2D eigenvalue weighted by atomic mass is 10.0. The highest BCUT2D eigenvalue weighted by Gasteiger charge is 2.19. The van der Waals surface area contributed by atoms with Crippen LogP contribution in [-0.4, -0.2) is 24.5 Å². The standard InChI is InChI=1S/C50H33N5/c1-4-13-34(14-5-1)36-22-26-39(27-23-36)48-52-49(40-28-24-37(25-29-40)35-15-6-2-7-16-35)54-50(53-48)41-30-31-42(38-17-8-3-9-18-38)46(33-41)55-44-20-11-10-19-43(44)47-45(55)21-12-32-51-47/h1-33H. The predicted molar refractivity (Wildman–Crippen MR) is 225 cm³/mol. The van der Waals surface area contributed by atoms with Gasteiger partial charge in [0, 0.05) is 33.8 Å². The van der Waals surface area contributed by atoms with E-state index in [1.54, 1.807) is 0 Å². The number of hydrogen-bond acceptors (Lipinski definition) is 4. The van der Waals surface area contributed by atoms with Crippen molar-refractivity contribution in [2.75, 3.05) is 0 Å². The SMILES string of the molecule is c1ccc(-c2ccc(-c3nc(-c4ccc(-c5ccccc5)cc4)nc(-c4ccc(-c5ccccc5)c(-n5c6ccccc6c6ncccc65)c4)n3)cc2)cc1. The number of aromatic nitrogens is 5. The summed E-state index contributed by atoms with van der Waals surface area (Å²) in [5.41, 5.74) is 13.6. The van der Waals surface area contributed by atoms with Crippen molar-refractivity contribution in [2.24, 2.45) is 0 Å². The summed E-state index contributed by atoms with van der Waals surface area (Å²) in [5.74, 6) is 1.82. The van der Waals surface area contributed by atoms with E-state index in [1.165, 1.54) is 0 Å². The molecule has 10 aromatic rings. The summed E-state index contributed by atoms with van der Waals surface area (Å²) in [5, 5.41) is 1.10. The molecule has 0 aliphatic heterocycles. The Morgan fingerprint density at radius 3 is 1.35 bits per heavy atom. The van der Waals surface area contributed by atoms with Gasteiger partial charge in [0.1, 0.15) is 0 Å². The average Bonchev–Trinajstić information content (AvgIpc) is 3.61. The molecule has 0 bridgehead atoms. The third-order valence-corrected chi connectivity index (χ3v) is 10.1. The summed E-state index contributed by atoms with van der Waals surface area (Å²) in [6, 6.07) is 67.3. The van der Waals surface area contributed by atoms with Gasteiger partial charge in [0.25, 0.3) is 0 Å². The Balaban J connectivity index is 1.16. The van der Waals surface area contributed by atoms with E-state index in [-0.39, 0.29) is 0 Å². The molecular weight excluding hydrogens is 671 g/mol. The van der Waals surface area contributed by atoms with Crippen LogP contribution in [0.5, 0.6) is 0 Å². The van der Waals surface area contributed by atoms with Gasteiger partial charge in [-0.3, -0.25) is 4.98 Å². The van der Waals surface area contributed by atoms with Crippen LogP contribution >= 0.6 is 0 Å². The lowest BCUT2D eigenvalue weighted by Gasteiger charge is -2.16. The highest BCUT2D eigenvalue weighted by atomic mass is 15.0. The second kappa shape index (κ2) is 13.8. The van der Waals surface area contributed by atoms with Gasteiger partial charge in [-0.15, -0.1) is 0 Å². The molecule has 0 radical (unpaired) electrons. The van der Waals surface area contributed by atoms with Gasteiger partial charge in [0.15, 0.2) is 17.5 Å². The van der Waals surface area contributed by atoms with Gasteiger partial charge >= 0.3 is 0 Å². The van der Waals surface area contributed by atoms with Gasteiger partial charge in [0.05, 0.1) is 22.2 Å². The molecule has 0 fully saturated rings. The topological polar surface area (TPSA) is 56.5 Å². The summed E-state index contributed by atoms with van der Waals surface area (Å²) >= 11 is 0. The Kier molecular flexibility index (Phi) is 8.08. The van der Waals surface area contributed by atoms with Gasteiger partial charge in [-0.25, -0.2) is 15.0 Å². The molecule has 0 aliphatic carbocycles. The first-order valence-corrected chi connectivity index (χ1v) is 18.4. The van der Waals surface area contributed by atoms with Crippen molar-refractivity contribution < 1.29 is 0 Å². The lowest BCUT2D eigenvalue weighted by molar-refractivity contribution is 1.07. The molecule has 55 heavy (non-hydrogen) atoms. The van der Waals surface area contributed by atoms with Gasteiger partial charge in [0.2, 0.25) is 0 Å². The number of benzene rings is 7. The van der Waals surface area contributed by atoms with E-state index in [1.807, 2.05) is 24.4 Å². The number of pyridine rings is 1. The van der Waals surface area contributed by atoms with Crippen molar-refractivity contribution in [3.63, 3.8) is 0 Å². The van der Waals surface area contributed by atoms with E-state index in [0.29, 0.717) is 17.5 Å². The molecule has 3 aromatic heterocycles. The van der Waals surface area contributed by atoms with Crippen LogP contribution < -0.4 is 0 Å². The van der Waals surface area contributed by atoms with Crippen LogP contribution in [0.15, 0.2) is 200 Å². The minimum Gasteiger partial charge on any atom is -0.307 e. The first-order chi connectivity index (χ1) is 27.3. The maximum absolute atomic E-state index is 5.17. The molecule has 5 nitrogen and oxygen atoms in total.